The van der Waals surface area contributed by atoms with Gasteiger partial charge in [0.15, 0.2) is 0 Å². The summed E-state index contributed by atoms with van der Waals surface area (Å²) in [6.45, 7) is 6.34. The van der Waals surface area contributed by atoms with Crippen LogP contribution in [0.15, 0.2) is 24.3 Å². The molecule has 1 saturated heterocycles. The standard InChI is InChI=1S/C15H23NOS/c1-11(2)17-15-6-4-13(5-7-15)12(3)16-14-8-9-18-10-14/h4-7,11-12,14,16H,8-10H2,1-3H3. The molecule has 1 aromatic carbocycles. The van der Waals surface area contributed by atoms with Gasteiger partial charge in [0, 0.05) is 17.8 Å². The fraction of sp³-hybridized carbons (Fsp3) is 0.600. The number of thioether (sulfide) groups is 1. The van der Waals surface area contributed by atoms with Gasteiger partial charge < -0.3 is 10.1 Å². The zero-order valence-electron chi connectivity index (χ0n) is 11.5. The lowest BCUT2D eigenvalue weighted by atomic mass is 10.1. The second-order valence-electron chi connectivity index (χ2n) is 5.18. The van der Waals surface area contributed by atoms with E-state index in [1.165, 1.54) is 23.5 Å². The molecule has 2 atom stereocenters. The third kappa shape index (κ3) is 3.92. The van der Waals surface area contributed by atoms with Crippen LogP contribution >= 0.6 is 11.8 Å². The van der Waals surface area contributed by atoms with E-state index in [0.29, 0.717) is 12.1 Å². The fourth-order valence-electron chi connectivity index (χ4n) is 2.22. The summed E-state index contributed by atoms with van der Waals surface area (Å²) in [6.07, 6.45) is 1.53. The summed E-state index contributed by atoms with van der Waals surface area (Å²) < 4.78 is 5.66. The normalized spacial score (nSPS) is 21.2. The zero-order valence-corrected chi connectivity index (χ0v) is 12.3. The van der Waals surface area contributed by atoms with Gasteiger partial charge in [-0.05, 0) is 50.6 Å². The van der Waals surface area contributed by atoms with Gasteiger partial charge in [0.2, 0.25) is 0 Å². The first kappa shape index (κ1) is 13.8. The first-order valence-electron chi connectivity index (χ1n) is 6.75. The average Bonchev–Trinajstić information content (AvgIpc) is 2.82. The molecule has 0 spiro atoms. The topological polar surface area (TPSA) is 21.3 Å². The molecule has 0 amide bonds. The Labute approximate surface area is 114 Å². The molecule has 2 unspecified atom stereocenters. The number of rotatable bonds is 5. The summed E-state index contributed by atoms with van der Waals surface area (Å²) in [5.74, 6) is 3.50. The Morgan fingerprint density at radius 3 is 2.50 bits per heavy atom. The van der Waals surface area contributed by atoms with E-state index in [-0.39, 0.29) is 6.10 Å². The lowest BCUT2D eigenvalue weighted by Gasteiger charge is -2.19. The minimum atomic E-state index is 0.238. The molecule has 3 heteroatoms. The van der Waals surface area contributed by atoms with Crippen molar-refractivity contribution < 1.29 is 4.74 Å². The molecular weight excluding hydrogens is 242 g/mol. The highest BCUT2D eigenvalue weighted by atomic mass is 32.2. The summed E-state index contributed by atoms with van der Waals surface area (Å²) >= 11 is 2.05. The van der Waals surface area contributed by atoms with Crippen molar-refractivity contribution in [3.8, 4) is 5.75 Å². The first-order chi connectivity index (χ1) is 8.65. The Morgan fingerprint density at radius 1 is 1.22 bits per heavy atom. The summed E-state index contributed by atoms with van der Waals surface area (Å²) in [4.78, 5) is 0. The Bertz CT molecular complexity index is 357. The number of benzene rings is 1. The van der Waals surface area contributed by atoms with Crippen LogP contribution in [-0.4, -0.2) is 23.7 Å². The van der Waals surface area contributed by atoms with Crippen LogP contribution in [-0.2, 0) is 0 Å². The van der Waals surface area contributed by atoms with Gasteiger partial charge in [0.1, 0.15) is 5.75 Å². The van der Waals surface area contributed by atoms with Crippen molar-refractivity contribution in [2.75, 3.05) is 11.5 Å². The maximum Gasteiger partial charge on any atom is 0.119 e. The van der Waals surface area contributed by atoms with Gasteiger partial charge in [0.25, 0.3) is 0 Å². The predicted octanol–water partition coefficient (Wildman–Crippen LogP) is 3.63. The molecule has 1 fully saturated rings. The van der Waals surface area contributed by atoms with Gasteiger partial charge in [-0.15, -0.1) is 0 Å². The average molecular weight is 265 g/mol. The van der Waals surface area contributed by atoms with Crippen molar-refractivity contribution in [1.82, 2.24) is 5.32 Å². The lowest BCUT2D eigenvalue weighted by molar-refractivity contribution is 0.242. The maximum absolute atomic E-state index is 5.66. The van der Waals surface area contributed by atoms with E-state index in [1.807, 2.05) is 11.8 Å². The molecule has 2 rings (SSSR count). The molecule has 1 N–H and O–H groups in total. The highest BCUT2D eigenvalue weighted by Gasteiger charge is 2.17. The Balaban J connectivity index is 1.91. The molecule has 0 saturated carbocycles. The molecule has 1 aromatic rings. The first-order valence-corrected chi connectivity index (χ1v) is 7.91. The van der Waals surface area contributed by atoms with Gasteiger partial charge in [0.05, 0.1) is 6.10 Å². The van der Waals surface area contributed by atoms with Crippen LogP contribution in [0.1, 0.15) is 38.8 Å². The van der Waals surface area contributed by atoms with Crippen LogP contribution in [0.2, 0.25) is 0 Å². The van der Waals surface area contributed by atoms with Gasteiger partial charge >= 0.3 is 0 Å². The number of ether oxygens (including phenoxy) is 1. The van der Waals surface area contributed by atoms with E-state index in [9.17, 15) is 0 Å². The van der Waals surface area contributed by atoms with Gasteiger partial charge in [-0.3, -0.25) is 0 Å². The van der Waals surface area contributed by atoms with Crippen LogP contribution < -0.4 is 10.1 Å². The van der Waals surface area contributed by atoms with Crippen molar-refractivity contribution >= 4 is 11.8 Å². The number of hydrogen-bond acceptors (Lipinski definition) is 3. The van der Waals surface area contributed by atoms with Crippen molar-refractivity contribution in [3.63, 3.8) is 0 Å². The Morgan fingerprint density at radius 2 is 1.94 bits per heavy atom. The monoisotopic (exact) mass is 265 g/mol. The van der Waals surface area contributed by atoms with Crippen LogP contribution in [0.4, 0.5) is 0 Å². The largest absolute Gasteiger partial charge is 0.491 e. The van der Waals surface area contributed by atoms with Crippen molar-refractivity contribution in [3.05, 3.63) is 29.8 Å². The summed E-state index contributed by atoms with van der Waals surface area (Å²) in [7, 11) is 0. The number of hydrogen-bond donors (Lipinski definition) is 1. The quantitative estimate of drug-likeness (QED) is 0.878. The Kier molecular flexibility index (Phi) is 4.95. The van der Waals surface area contributed by atoms with E-state index in [2.05, 4.69) is 50.4 Å². The molecule has 0 bridgehead atoms. The van der Waals surface area contributed by atoms with Crippen molar-refractivity contribution in [1.29, 1.82) is 0 Å². The van der Waals surface area contributed by atoms with E-state index >= 15 is 0 Å². The van der Waals surface area contributed by atoms with Crippen LogP contribution in [0.3, 0.4) is 0 Å². The second kappa shape index (κ2) is 6.48. The van der Waals surface area contributed by atoms with Crippen LogP contribution in [0.25, 0.3) is 0 Å². The summed E-state index contributed by atoms with van der Waals surface area (Å²) in [5.41, 5.74) is 1.34. The summed E-state index contributed by atoms with van der Waals surface area (Å²) in [6, 6.07) is 9.56. The highest BCUT2D eigenvalue weighted by molar-refractivity contribution is 7.99. The molecule has 18 heavy (non-hydrogen) atoms. The minimum absolute atomic E-state index is 0.238. The molecule has 1 aliphatic rings. The molecule has 1 heterocycles. The third-order valence-corrected chi connectivity index (χ3v) is 4.33. The number of nitrogens with one attached hydrogen (secondary N) is 1. The van der Waals surface area contributed by atoms with Gasteiger partial charge in [-0.1, -0.05) is 12.1 Å². The maximum atomic E-state index is 5.66. The molecule has 1 aliphatic heterocycles. The van der Waals surface area contributed by atoms with Gasteiger partial charge in [-0.2, -0.15) is 11.8 Å². The second-order valence-corrected chi connectivity index (χ2v) is 6.33. The van der Waals surface area contributed by atoms with Crippen molar-refractivity contribution in [2.45, 2.75) is 45.4 Å². The van der Waals surface area contributed by atoms with E-state index in [4.69, 9.17) is 4.74 Å². The van der Waals surface area contributed by atoms with Crippen molar-refractivity contribution in [2.24, 2.45) is 0 Å². The molecule has 0 aromatic heterocycles. The molecule has 2 nitrogen and oxygen atoms in total. The molecule has 0 aliphatic carbocycles. The third-order valence-electron chi connectivity index (χ3n) is 3.17. The van der Waals surface area contributed by atoms with E-state index in [1.54, 1.807) is 0 Å². The fourth-order valence-corrected chi connectivity index (χ4v) is 3.39. The molecule has 100 valence electrons. The van der Waals surface area contributed by atoms with E-state index < -0.39 is 0 Å². The lowest BCUT2D eigenvalue weighted by Crippen LogP contribution is -2.31. The van der Waals surface area contributed by atoms with Crippen LogP contribution in [0.5, 0.6) is 5.75 Å². The Hall–Kier alpha value is -0.670. The van der Waals surface area contributed by atoms with E-state index in [0.717, 1.165) is 5.75 Å². The molecular formula is C15H23NOS. The highest BCUT2D eigenvalue weighted by Crippen LogP contribution is 2.22. The van der Waals surface area contributed by atoms with Gasteiger partial charge in [-0.25, -0.2) is 0 Å². The summed E-state index contributed by atoms with van der Waals surface area (Å²) in [5, 5.41) is 3.69. The zero-order chi connectivity index (χ0) is 13.0. The predicted molar refractivity (Wildman–Crippen MR) is 79.5 cm³/mol. The smallest absolute Gasteiger partial charge is 0.119 e. The molecule has 0 radical (unpaired) electrons. The van der Waals surface area contributed by atoms with Crippen LogP contribution in [0, 0.1) is 0 Å². The minimum Gasteiger partial charge on any atom is -0.491 e. The SMILES string of the molecule is CC(C)Oc1ccc(C(C)NC2CCSC2)cc1.